The number of carbonyl (C=O) groups excluding carboxylic acids is 1. The lowest BCUT2D eigenvalue weighted by atomic mass is 10.1. The van der Waals surface area contributed by atoms with Crippen LogP contribution in [0.3, 0.4) is 0 Å². The molecule has 0 fully saturated rings. The minimum Gasteiger partial charge on any atom is -0.497 e. The highest BCUT2D eigenvalue weighted by Crippen LogP contribution is 2.36. The van der Waals surface area contributed by atoms with Crippen LogP contribution in [0, 0.1) is 0 Å². The number of Topliss-reactive ketones (excluding diaryl/α,β-unsaturated/α-hetero) is 1. The molecule has 0 bridgehead atoms. The van der Waals surface area contributed by atoms with Gasteiger partial charge in [0.2, 0.25) is 0 Å². The van der Waals surface area contributed by atoms with Gasteiger partial charge in [0, 0.05) is 5.56 Å². The first-order chi connectivity index (χ1) is 11.4. The van der Waals surface area contributed by atoms with Crippen molar-refractivity contribution < 1.29 is 22.7 Å². The number of hydrogen-bond acceptors (Lipinski definition) is 5. The number of ketones is 1. The van der Waals surface area contributed by atoms with Gasteiger partial charge in [0.15, 0.2) is 5.78 Å². The van der Waals surface area contributed by atoms with E-state index in [1.54, 1.807) is 30.3 Å². The summed E-state index contributed by atoms with van der Waals surface area (Å²) in [6.07, 6.45) is 0. The Balaban J connectivity index is 2.06. The molecule has 0 N–H and O–H groups in total. The Morgan fingerprint density at radius 3 is 2.50 bits per heavy atom. The number of sulfonamides is 1. The van der Waals surface area contributed by atoms with Crippen molar-refractivity contribution in [3.63, 3.8) is 0 Å². The number of anilines is 1. The zero-order valence-corrected chi connectivity index (χ0v) is 14.2. The molecule has 3 rings (SSSR count). The van der Waals surface area contributed by atoms with E-state index in [0.29, 0.717) is 22.7 Å². The van der Waals surface area contributed by atoms with Crippen molar-refractivity contribution in [1.29, 1.82) is 0 Å². The first-order valence-corrected chi connectivity index (χ1v) is 8.82. The van der Waals surface area contributed by atoms with E-state index >= 15 is 0 Å². The topological polar surface area (TPSA) is 72.9 Å². The third-order valence-electron chi connectivity index (χ3n) is 3.83. The van der Waals surface area contributed by atoms with Gasteiger partial charge in [-0.25, -0.2) is 8.42 Å². The molecule has 0 unspecified atom stereocenters. The van der Waals surface area contributed by atoms with Gasteiger partial charge in [-0.3, -0.25) is 9.10 Å². The zero-order chi connectivity index (χ0) is 17.3. The molecular formula is C17H17NO5S. The summed E-state index contributed by atoms with van der Waals surface area (Å²) in [7, 11) is -2.24. The molecule has 1 heterocycles. The van der Waals surface area contributed by atoms with Gasteiger partial charge in [0.25, 0.3) is 10.0 Å². The standard InChI is InChI=1S/C17H17NO5S/c1-12(19)13-3-8-17-16(11-13)18(9-10-23-17)24(20,21)15-6-4-14(22-2)5-7-15/h3-8,11H,9-10H2,1-2H3. The molecule has 0 radical (unpaired) electrons. The maximum atomic E-state index is 13.0. The number of hydrogen-bond donors (Lipinski definition) is 0. The maximum absolute atomic E-state index is 13.0. The van der Waals surface area contributed by atoms with E-state index in [2.05, 4.69) is 0 Å². The first kappa shape index (κ1) is 16.3. The van der Waals surface area contributed by atoms with Gasteiger partial charge in [0.05, 0.1) is 24.2 Å². The Labute approximate surface area is 140 Å². The summed E-state index contributed by atoms with van der Waals surface area (Å²) in [5, 5.41) is 0. The molecular weight excluding hydrogens is 330 g/mol. The van der Waals surface area contributed by atoms with Gasteiger partial charge in [0.1, 0.15) is 18.1 Å². The van der Waals surface area contributed by atoms with E-state index in [0.717, 1.165) is 0 Å². The van der Waals surface area contributed by atoms with Crippen molar-refractivity contribution in [3.05, 3.63) is 48.0 Å². The monoisotopic (exact) mass is 347 g/mol. The second kappa shape index (κ2) is 6.16. The Bertz CT molecular complexity index is 874. The van der Waals surface area contributed by atoms with Gasteiger partial charge < -0.3 is 9.47 Å². The molecule has 0 aromatic heterocycles. The van der Waals surface area contributed by atoms with E-state index in [1.807, 2.05) is 0 Å². The molecule has 126 valence electrons. The molecule has 0 aliphatic carbocycles. The number of carbonyl (C=O) groups is 1. The van der Waals surface area contributed by atoms with Crippen molar-refractivity contribution >= 4 is 21.5 Å². The molecule has 2 aromatic carbocycles. The van der Waals surface area contributed by atoms with E-state index < -0.39 is 10.0 Å². The predicted molar refractivity (Wildman–Crippen MR) is 89.5 cm³/mol. The highest BCUT2D eigenvalue weighted by molar-refractivity contribution is 7.92. The second-order valence-corrected chi connectivity index (χ2v) is 7.20. The molecule has 6 nitrogen and oxygen atoms in total. The quantitative estimate of drug-likeness (QED) is 0.795. The lowest BCUT2D eigenvalue weighted by Gasteiger charge is -2.30. The molecule has 0 spiro atoms. The van der Waals surface area contributed by atoms with Crippen LogP contribution in [0.4, 0.5) is 5.69 Å². The molecule has 0 saturated carbocycles. The van der Waals surface area contributed by atoms with Gasteiger partial charge in [-0.1, -0.05) is 0 Å². The minimum absolute atomic E-state index is 0.134. The van der Waals surface area contributed by atoms with Crippen molar-refractivity contribution in [2.75, 3.05) is 24.6 Å². The highest BCUT2D eigenvalue weighted by Gasteiger charge is 2.30. The number of ether oxygens (including phenoxy) is 2. The maximum Gasteiger partial charge on any atom is 0.264 e. The summed E-state index contributed by atoms with van der Waals surface area (Å²) >= 11 is 0. The van der Waals surface area contributed by atoms with Crippen LogP contribution in [-0.2, 0) is 10.0 Å². The SMILES string of the molecule is COc1ccc(S(=O)(=O)N2CCOc3ccc(C(C)=O)cc32)cc1. The molecule has 24 heavy (non-hydrogen) atoms. The Morgan fingerprint density at radius 2 is 1.88 bits per heavy atom. The summed E-state index contributed by atoms with van der Waals surface area (Å²) in [4.78, 5) is 11.8. The number of fused-ring (bicyclic) bond motifs is 1. The van der Waals surface area contributed by atoms with Crippen LogP contribution in [-0.4, -0.2) is 34.5 Å². The summed E-state index contributed by atoms with van der Waals surface area (Å²) in [5.74, 6) is 0.892. The van der Waals surface area contributed by atoms with Crippen molar-refractivity contribution in [1.82, 2.24) is 0 Å². The van der Waals surface area contributed by atoms with Crippen LogP contribution >= 0.6 is 0 Å². The summed E-state index contributed by atoms with van der Waals surface area (Å²) in [6.45, 7) is 1.87. The normalized spacial score (nSPS) is 13.8. The Hall–Kier alpha value is -2.54. The Kier molecular flexibility index (Phi) is 4.19. The van der Waals surface area contributed by atoms with Crippen LogP contribution in [0.1, 0.15) is 17.3 Å². The van der Waals surface area contributed by atoms with E-state index in [-0.39, 0.29) is 23.8 Å². The zero-order valence-electron chi connectivity index (χ0n) is 13.4. The van der Waals surface area contributed by atoms with Gasteiger partial charge in [-0.15, -0.1) is 0 Å². The third-order valence-corrected chi connectivity index (χ3v) is 5.66. The first-order valence-electron chi connectivity index (χ1n) is 7.38. The minimum atomic E-state index is -3.76. The lowest BCUT2D eigenvalue weighted by molar-refractivity contribution is 0.101. The molecule has 0 saturated heterocycles. The van der Waals surface area contributed by atoms with E-state index in [4.69, 9.17) is 9.47 Å². The molecule has 7 heteroatoms. The fourth-order valence-corrected chi connectivity index (χ4v) is 3.99. The van der Waals surface area contributed by atoms with Crippen molar-refractivity contribution in [2.45, 2.75) is 11.8 Å². The van der Waals surface area contributed by atoms with E-state index in [9.17, 15) is 13.2 Å². The smallest absolute Gasteiger partial charge is 0.264 e. The molecule has 0 atom stereocenters. The molecule has 2 aromatic rings. The highest BCUT2D eigenvalue weighted by atomic mass is 32.2. The number of nitrogens with zero attached hydrogens (tertiary/aromatic N) is 1. The van der Waals surface area contributed by atoms with Crippen LogP contribution in [0.15, 0.2) is 47.4 Å². The van der Waals surface area contributed by atoms with Crippen LogP contribution in [0.25, 0.3) is 0 Å². The van der Waals surface area contributed by atoms with Gasteiger partial charge in [-0.2, -0.15) is 0 Å². The van der Waals surface area contributed by atoms with Gasteiger partial charge in [-0.05, 0) is 49.4 Å². The summed E-state index contributed by atoms with van der Waals surface area (Å²) in [5.41, 5.74) is 0.818. The predicted octanol–water partition coefficient (Wildman–Crippen LogP) is 2.49. The largest absolute Gasteiger partial charge is 0.497 e. The average Bonchev–Trinajstić information content (AvgIpc) is 2.60. The molecule has 1 aliphatic heterocycles. The number of benzene rings is 2. The summed E-state index contributed by atoms with van der Waals surface area (Å²) < 4.78 is 37.8. The number of rotatable bonds is 4. The van der Waals surface area contributed by atoms with Crippen LogP contribution in [0.2, 0.25) is 0 Å². The third kappa shape index (κ3) is 2.82. The van der Waals surface area contributed by atoms with Crippen LogP contribution < -0.4 is 13.8 Å². The number of methoxy groups -OCH3 is 1. The van der Waals surface area contributed by atoms with Crippen molar-refractivity contribution in [2.24, 2.45) is 0 Å². The fourth-order valence-electron chi connectivity index (χ4n) is 2.54. The average molecular weight is 347 g/mol. The Morgan fingerprint density at radius 1 is 1.17 bits per heavy atom. The lowest BCUT2D eigenvalue weighted by Crippen LogP contribution is -2.38. The molecule has 0 amide bonds. The summed E-state index contributed by atoms with van der Waals surface area (Å²) in [6, 6.07) is 11.0. The van der Waals surface area contributed by atoms with Gasteiger partial charge >= 0.3 is 0 Å². The molecule has 1 aliphatic rings. The fraction of sp³-hybridized carbons (Fsp3) is 0.235. The second-order valence-electron chi connectivity index (χ2n) is 5.34. The van der Waals surface area contributed by atoms with Crippen LogP contribution in [0.5, 0.6) is 11.5 Å². The van der Waals surface area contributed by atoms with E-state index in [1.165, 1.54) is 30.5 Å². The van der Waals surface area contributed by atoms with Crippen molar-refractivity contribution in [3.8, 4) is 11.5 Å².